The molecule has 3 rings (SSSR count). The molecule has 116 valence electrons. The van der Waals surface area contributed by atoms with E-state index in [0.717, 1.165) is 41.9 Å². The van der Waals surface area contributed by atoms with Crippen molar-refractivity contribution in [2.24, 2.45) is 7.05 Å². The van der Waals surface area contributed by atoms with Crippen molar-refractivity contribution >= 4 is 22.8 Å². The van der Waals surface area contributed by atoms with Crippen LogP contribution < -0.4 is 5.32 Å². The van der Waals surface area contributed by atoms with Gasteiger partial charge in [0, 0.05) is 25.9 Å². The molecule has 2 aromatic heterocycles. The van der Waals surface area contributed by atoms with Gasteiger partial charge in [-0.25, -0.2) is 4.98 Å². The van der Waals surface area contributed by atoms with Crippen LogP contribution in [0.5, 0.6) is 0 Å². The van der Waals surface area contributed by atoms with Crippen LogP contribution in [0, 0.1) is 0 Å². The van der Waals surface area contributed by atoms with Crippen LogP contribution in [0.1, 0.15) is 12.7 Å². The van der Waals surface area contributed by atoms with Crippen LogP contribution in [-0.2, 0) is 20.1 Å². The Morgan fingerprint density at radius 3 is 2.91 bits per heavy atom. The number of hydrogen-bond acceptors (Lipinski definition) is 5. The Balaban J connectivity index is 1.54. The van der Waals surface area contributed by atoms with Gasteiger partial charge in [-0.3, -0.25) is 0 Å². The first-order chi connectivity index (χ1) is 10.8. The lowest BCUT2D eigenvalue weighted by atomic mass is 10.3. The molecule has 0 aliphatic rings. The molecular formula is C15H20N6S. The summed E-state index contributed by atoms with van der Waals surface area (Å²) in [7, 11) is 1.96. The van der Waals surface area contributed by atoms with Crippen molar-refractivity contribution in [2.45, 2.75) is 25.2 Å². The second kappa shape index (κ2) is 6.93. The maximum Gasteiger partial charge on any atom is 0.190 e. The van der Waals surface area contributed by atoms with Gasteiger partial charge in [-0.05, 0) is 19.1 Å². The molecule has 0 radical (unpaired) electrons. The maximum atomic E-state index is 4.71. The third kappa shape index (κ3) is 3.15. The summed E-state index contributed by atoms with van der Waals surface area (Å²) < 4.78 is 4.19. The Hall–Kier alpha value is -1.86. The smallest absolute Gasteiger partial charge is 0.190 e. The molecule has 0 saturated heterocycles. The van der Waals surface area contributed by atoms with Crippen LogP contribution in [-0.4, -0.2) is 36.6 Å². The summed E-state index contributed by atoms with van der Waals surface area (Å²) in [5.74, 6) is 2.05. The number of aryl methyl sites for hydroxylation is 2. The van der Waals surface area contributed by atoms with E-state index in [1.807, 2.05) is 17.7 Å². The van der Waals surface area contributed by atoms with Gasteiger partial charge in [0.25, 0.3) is 0 Å². The number of benzene rings is 1. The highest BCUT2D eigenvalue weighted by Crippen LogP contribution is 2.16. The summed E-state index contributed by atoms with van der Waals surface area (Å²) in [5, 5.41) is 12.3. The number of rotatable bonds is 7. The molecule has 7 heteroatoms. The van der Waals surface area contributed by atoms with E-state index < -0.39 is 0 Å². The molecule has 0 spiro atoms. The van der Waals surface area contributed by atoms with Gasteiger partial charge in [0.2, 0.25) is 0 Å². The van der Waals surface area contributed by atoms with Gasteiger partial charge in [0.15, 0.2) is 5.16 Å². The first kappa shape index (κ1) is 15.1. The number of hydrogen-bond donors (Lipinski definition) is 1. The third-order valence-corrected chi connectivity index (χ3v) is 4.55. The number of fused-ring (bicyclic) bond motifs is 1. The normalized spacial score (nSPS) is 11.4. The zero-order valence-corrected chi connectivity index (χ0v) is 13.7. The topological polar surface area (TPSA) is 60.6 Å². The minimum absolute atomic E-state index is 0.780. The summed E-state index contributed by atoms with van der Waals surface area (Å²) in [5.41, 5.74) is 2.27. The summed E-state index contributed by atoms with van der Waals surface area (Å²) in [4.78, 5) is 4.71. The molecule has 1 N–H and O–H groups in total. The van der Waals surface area contributed by atoms with Gasteiger partial charge in [-0.1, -0.05) is 23.9 Å². The van der Waals surface area contributed by atoms with Crippen LogP contribution in [0.2, 0.25) is 0 Å². The number of thioether (sulfide) groups is 1. The lowest BCUT2D eigenvalue weighted by molar-refractivity contribution is 0.640. The zero-order chi connectivity index (χ0) is 15.4. The average molecular weight is 316 g/mol. The van der Waals surface area contributed by atoms with Gasteiger partial charge in [0.1, 0.15) is 12.2 Å². The Labute approximate surface area is 133 Å². The molecule has 6 nitrogen and oxygen atoms in total. The minimum atomic E-state index is 0.780. The molecule has 1 aromatic carbocycles. The number of nitrogens with one attached hydrogen (secondary N) is 1. The van der Waals surface area contributed by atoms with Gasteiger partial charge < -0.3 is 14.5 Å². The fourth-order valence-corrected chi connectivity index (χ4v) is 3.22. The van der Waals surface area contributed by atoms with Crippen LogP contribution in [0.4, 0.5) is 0 Å². The van der Waals surface area contributed by atoms with Crippen LogP contribution in [0.15, 0.2) is 35.7 Å². The quantitative estimate of drug-likeness (QED) is 0.534. The van der Waals surface area contributed by atoms with Gasteiger partial charge in [-0.15, -0.1) is 10.2 Å². The number of imidazole rings is 1. The molecule has 0 atom stereocenters. The van der Waals surface area contributed by atoms with Crippen molar-refractivity contribution in [3.05, 3.63) is 36.4 Å². The first-order valence-corrected chi connectivity index (χ1v) is 8.39. The standard InChI is InChI=1S/C15H20N6S/c1-3-21-13-7-5-4-6-12(13)18-14(21)10-16-8-9-22-15-19-17-11-20(15)2/h4-7,11,16H,3,8-10H2,1-2H3. The monoisotopic (exact) mass is 316 g/mol. The molecule has 22 heavy (non-hydrogen) atoms. The van der Waals surface area contributed by atoms with Crippen molar-refractivity contribution in [1.82, 2.24) is 29.6 Å². The third-order valence-electron chi connectivity index (χ3n) is 3.51. The van der Waals surface area contributed by atoms with Gasteiger partial charge in [-0.2, -0.15) is 0 Å². The summed E-state index contributed by atoms with van der Waals surface area (Å²) in [6, 6.07) is 8.28. The molecule has 0 fully saturated rings. The minimum Gasteiger partial charge on any atom is -0.327 e. The van der Waals surface area contributed by atoms with E-state index in [9.17, 15) is 0 Å². The molecular weight excluding hydrogens is 296 g/mol. The molecule has 0 amide bonds. The highest BCUT2D eigenvalue weighted by atomic mass is 32.2. The second-order valence-corrected chi connectivity index (χ2v) is 6.07. The Kier molecular flexibility index (Phi) is 4.74. The molecule has 0 saturated carbocycles. The van der Waals surface area contributed by atoms with E-state index >= 15 is 0 Å². The predicted octanol–water partition coefficient (Wildman–Crippen LogP) is 2.07. The van der Waals surface area contributed by atoms with Crippen LogP contribution in [0.3, 0.4) is 0 Å². The molecule has 0 bridgehead atoms. The van der Waals surface area contributed by atoms with E-state index in [1.54, 1.807) is 18.1 Å². The number of para-hydroxylation sites is 2. The van der Waals surface area contributed by atoms with Crippen molar-refractivity contribution in [2.75, 3.05) is 12.3 Å². The van der Waals surface area contributed by atoms with Gasteiger partial charge >= 0.3 is 0 Å². The van der Waals surface area contributed by atoms with Crippen molar-refractivity contribution < 1.29 is 0 Å². The Morgan fingerprint density at radius 1 is 1.27 bits per heavy atom. The van der Waals surface area contributed by atoms with Crippen molar-refractivity contribution in [3.63, 3.8) is 0 Å². The Morgan fingerprint density at radius 2 is 2.14 bits per heavy atom. The van der Waals surface area contributed by atoms with Crippen LogP contribution in [0.25, 0.3) is 11.0 Å². The largest absolute Gasteiger partial charge is 0.327 e. The van der Waals surface area contributed by atoms with E-state index in [4.69, 9.17) is 4.98 Å². The van der Waals surface area contributed by atoms with E-state index in [1.165, 1.54) is 5.52 Å². The van der Waals surface area contributed by atoms with Crippen LogP contribution >= 0.6 is 11.8 Å². The van der Waals surface area contributed by atoms with E-state index in [2.05, 4.69) is 45.2 Å². The molecule has 2 heterocycles. The zero-order valence-electron chi connectivity index (χ0n) is 12.9. The fraction of sp³-hybridized carbons (Fsp3) is 0.400. The molecule has 0 aliphatic carbocycles. The highest BCUT2D eigenvalue weighted by molar-refractivity contribution is 7.99. The summed E-state index contributed by atoms with van der Waals surface area (Å²) in [6.45, 7) is 4.78. The second-order valence-electron chi connectivity index (χ2n) is 5.01. The molecule has 3 aromatic rings. The number of nitrogens with zero attached hydrogens (tertiary/aromatic N) is 5. The fourth-order valence-electron chi connectivity index (χ4n) is 2.43. The van der Waals surface area contributed by atoms with E-state index in [-0.39, 0.29) is 0 Å². The molecule has 0 aliphatic heterocycles. The number of aromatic nitrogens is 5. The molecule has 0 unspecified atom stereocenters. The van der Waals surface area contributed by atoms with Crippen molar-refractivity contribution in [3.8, 4) is 0 Å². The summed E-state index contributed by atoms with van der Waals surface area (Å²) >= 11 is 1.70. The maximum absolute atomic E-state index is 4.71. The highest BCUT2D eigenvalue weighted by Gasteiger charge is 2.08. The average Bonchev–Trinajstić information content (AvgIpc) is 3.10. The van der Waals surface area contributed by atoms with Crippen molar-refractivity contribution in [1.29, 1.82) is 0 Å². The summed E-state index contributed by atoms with van der Waals surface area (Å²) in [6.07, 6.45) is 1.72. The van der Waals surface area contributed by atoms with Gasteiger partial charge in [0.05, 0.1) is 17.6 Å². The van der Waals surface area contributed by atoms with E-state index in [0.29, 0.717) is 0 Å². The lowest BCUT2D eigenvalue weighted by Crippen LogP contribution is -2.19. The SMILES string of the molecule is CCn1c(CNCCSc2nncn2C)nc2ccccc21. The lowest BCUT2D eigenvalue weighted by Gasteiger charge is -2.07. The predicted molar refractivity (Wildman–Crippen MR) is 88.8 cm³/mol. The Bertz CT molecular complexity index is 747. The first-order valence-electron chi connectivity index (χ1n) is 7.41.